The van der Waals surface area contributed by atoms with Crippen LogP contribution in [-0.4, -0.2) is 42.9 Å². The Bertz CT molecular complexity index is 237. The highest BCUT2D eigenvalue weighted by Gasteiger charge is 2.47. The van der Waals surface area contributed by atoms with Crippen LogP contribution in [0.1, 0.15) is 39.0 Å². The monoisotopic (exact) mass is 230 g/mol. The molecule has 2 aliphatic heterocycles. The Labute approximate surface area is 96.9 Å². The predicted molar refractivity (Wildman–Crippen MR) is 59.1 cm³/mol. The van der Waals surface area contributed by atoms with Gasteiger partial charge in [-0.05, 0) is 19.8 Å². The molecule has 0 saturated carbocycles. The van der Waals surface area contributed by atoms with Gasteiger partial charge in [0.25, 0.3) is 0 Å². The molecule has 0 amide bonds. The van der Waals surface area contributed by atoms with Crippen molar-refractivity contribution in [1.82, 2.24) is 0 Å². The van der Waals surface area contributed by atoms with Gasteiger partial charge >= 0.3 is 0 Å². The molecule has 4 nitrogen and oxygen atoms in total. The molecule has 0 aliphatic carbocycles. The van der Waals surface area contributed by atoms with E-state index in [9.17, 15) is 5.11 Å². The minimum atomic E-state index is -0.704. The standard InChI is InChI=1S/C12H22O4/c1-11(14-2,15-3)8-12(13)6-9-4-5-10(7-12)16-9/h9-10,13H,4-8H2,1-3H3. The molecular formula is C12H22O4. The normalized spacial score (nSPS) is 39.0. The van der Waals surface area contributed by atoms with Crippen molar-refractivity contribution < 1.29 is 19.3 Å². The van der Waals surface area contributed by atoms with Crippen LogP contribution in [0.25, 0.3) is 0 Å². The van der Waals surface area contributed by atoms with Crippen molar-refractivity contribution in [1.29, 1.82) is 0 Å². The van der Waals surface area contributed by atoms with E-state index < -0.39 is 11.4 Å². The van der Waals surface area contributed by atoms with E-state index in [0.29, 0.717) is 19.3 Å². The molecule has 2 saturated heterocycles. The first-order valence-corrected chi connectivity index (χ1v) is 5.97. The fourth-order valence-electron chi connectivity index (χ4n) is 2.98. The van der Waals surface area contributed by atoms with Crippen LogP contribution in [0.5, 0.6) is 0 Å². The predicted octanol–water partition coefficient (Wildman–Crippen LogP) is 1.46. The topological polar surface area (TPSA) is 47.9 Å². The summed E-state index contributed by atoms with van der Waals surface area (Å²) in [7, 11) is 3.22. The molecule has 0 spiro atoms. The molecule has 2 bridgehead atoms. The van der Waals surface area contributed by atoms with Crippen LogP contribution in [0.4, 0.5) is 0 Å². The summed E-state index contributed by atoms with van der Waals surface area (Å²) in [4.78, 5) is 0. The Morgan fingerprint density at radius 1 is 1.25 bits per heavy atom. The fourth-order valence-corrected chi connectivity index (χ4v) is 2.98. The van der Waals surface area contributed by atoms with Crippen molar-refractivity contribution in [2.75, 3.05) is 14.2 Å². The minimum absolute atomic E-state index is 0.224. The van der Waals surface area contributed by atoms with Gasteiger partial charge < -0.3 is 19.3 Å². The highest BCUT2D eigenvalue weighted by atomic mass is 16.7. The van der Waals surface area contributed by atoms with E-state index in [-0.39, 0.29) is 12.2 Å². The number of methoxy groups -OCH3 is 2. The molecule has 2 fully saturated rings. The van der Waals surface area contributed by atoms with Gasteiger partial charge in [-0.25, -0.2) is 0 Å². The van der Waals surface area contributed by atoms with E-state index in [1.165, 1.54) is 0 Å². The zero-order valence-electron chi connectivity index (χ0n) is 10.4. The highest BCUT2D eigenvalue weighted by molar-refractivity contribution is 4.96. The van der Waals surface area contributed by atoms with Crippen molar-refractivity contribution >= 4 is 0 Å². The largest absolute Gasteiger partial charge is 0.389 e. The SMILES string of the molecule is COC(C)(CC1(O)CC2CCC(C1)O2)OC. The van der Waals surface area contributed by atoms with Crippen LogP contribution >= 0.6 is 0 Å². The van der Waals surface area contributed by atoms with E-state index in [4.69, 9.17) is 14.2 Å². The molecule has 4 heteroatoms. The molecule has 2 atom stereocenters. The Morgan fingerprint density at radius 3 is 2.19 bits per heavy atom. The van der Waals surface area contributed by atoms with Crippen LogP contribution in [0.2, 0.25) is 0 Å². The lowest BCUT2D eigenvalue weighted by atomic mass is 9.84. The molecule has 0 aromatic rings. The minimum Gasteiger partial charge on any atom is -0.389 e. The quantitative estimate of drug-likeness (QED) is 0.743. The molecular weight excluding hydrogens is 208 g/mol. The van der Waals surface area contributed by atoms with Crippen molar-refractivity contribution in [3.8, 4) is 0 Å². The molecule has 1 N–H and O–H groups in total. The van der Waals surface area contributed by atoms with Crippen molar-refractivity contribution in [2.24, 2.45) is 0 Å². The van der Waals surface area contributed by atoms with Crippen LogP contribution in [0.15, 0.2) is 0 Å². The first kappa shape index (κ1) is 12.3. The van der Waals surface area contributed by atoms with Gasteiger partial charge in [-0.15, -0.1) is 0 Å². The van der Waals surface area contributed by atoms with E-state index in [1.54, 1.807) is 14.2 Å². The average molecular weight is 230 g/mol. The van der Waals surface area contributed by atoms with Gasteiger partial charge in [0.15, 0.2) is 5.79 Å². The summed E-state index contributed by atoms with van der Waals surface area (Å²) in [6.07, 6.45) is 4.50. The highest BCUT2D eigenvalue weighted by Crippen LogP contribution is 2.42. The Kier molecular flexibility index (Phi) is 3.27. The van der Waals surface area contributed by atoms with Gasteiger partial charge in [0.1, 0.15) is 0 Å². The summed E-state index contributed by atoms with van der Waals surface area (Å²) in [6, 6.07) is 0. The number of rotatable bonds is 4. The maximum Gasteiger partial charge on any atom is 0.167 e. The van der Waals surface area contributed by atoms with Crippen LogP contribution in [-0.2, 0) is 14.2 Å². The van der Waals surface area contributed by atoms with Gasteiger partial charge in [0, 0.05) is 33.5 Å². The van der Waals surface area contributed by atoms with Crippen LogP contribution < -0.4 is 0 Å². The Hall–Kier alpha value is -0.160. The number of hydrogen-bond donors (Lipinski definition) is 1. The van der Waals surface area contributed by atoms with Crippen LogP contribution in [0, 0.1) is 0 Å². The van der Waals surface area contributed by atoms with Crippen LogP contribution in [0.3, 0.4) is 0 Å². The number of ether oxygens (including phenoxy) is 3. The molecule has 2 aliphatic rings. The van der Waals surface area contributed by atoms with Gasteiger partial charge in [0.2, 0.25) is 0 Å². The third kappa shape index (κ3) is 2.40. The van der Waals surface area contributed by atoms with E-state index in [0.717, 1.165) is 12.8 Å². The van der Waals surface area contributed by atoms with Crippen molar-refractivity contribution in [2.45, 2.75) is 62.6 Å². The second-order valence-corrected chi connectivity index (χ2v) is 5.31. The number of hydrogen-bond acceptors (Lipinski definition) is 4. The summed E-state index contributed by atoms with van der Waals surface area (Å²) in [6.45, 7) is 1.86. The molecule has 94 valence electrons. The second-order valence-electron chi connectivity index (χ2n) is 5.31. The summed E-state index contributed by atoms with van der Waals surface area (Å²) in [5.74, 6) is -0.703. The van der Waals surface area contributed by atoms with Crippen molar-refractivity contribution in [3.05, 3.63) is 0 Å². The Morgan fingerprint density at radius 2 is 1.75 bits per heavy atom. The maximum atomic E-state index is 10.6. The zero-order chi connectivity index (χ0) is 11.8. The summed E-state index contributed by atoms with van der Waals surface area (Å²) in [5, 5.41) is 10.6. The molecule has 2 rings (SSSR count). The van der Waals surface area contributed by atoms with Gasteiger partial charge in [-0.3, -0.25) is 0 Å². The average Bonchev–Trinajstić information content (AvgIpc) is 2.58. The Balaban J connectivity index is 2.02. The van der Waals surface area contributed by atoms with Gasteiger partial charge in [-0.1, -0.05) is 0 Å². The molecule has 0 radical (unpaired) electrons. The second kappa shape index (κ2) is 4.26. The summed E-state index contributed by atoms with van der Waals surface area (Å²) < 4.78 is 16.4. The lowest BCUT2D eigenvalue weighted by molar-refractivity contribution is -0.237. The molecule has 16 heavy (non-hydrogen) atoms. The lowest BCUT2D eigenvalue weighted by Crippen LogP contribution is -2.47. The van der Waals surface area contributed by atoms with Crippen molar-refractivity contribution in [3.63, 3.8) is 0 Å². The number of fused-ring (bicyclic) bond motifs is 2. The van der Waals surface area contributed by atoms with Gasteiger partial charge in [-0.2, -0.15) is 0 Å². The summed E-state index contributed by atoms with van der Waals surface area (Å²) in [5.41, 5.74) is -0.704. The van der Waals surface area contributed by atoms with E-state index in [2.05, 4.69) is 0 Å². The zero-order valence-corrected chi connectivity index (χ0v) is 10.4. The fraction of sp³-hybridized carbons (Fsp3) is 1.00. The first-order chi connectivity index (χ1) is 7.49. The molecule has 2 heterocycles. The third-order valence-electron chi connectivity index (χ3n) is 3.92. The van der Waals surface area contributed by atoms with Gasteiger partial charge in [0.05, 0.1) is 17.8 Å². The molecule has 0 aromatic heterocycles. The first-order valence-electron chi connectivity index (χ1n) is 5.97. The molecule has 2 unspecified atom stereocenters. The molecule has 0 aromatic carbocycles. The smallest absolute Gasteiger partial charge is 0.167 e. The maximum absolute atomic E-state index is 10.6. The third-order valence-corrected chi connectivity index (χ3v) is 3.92. The van der Waals surface area contributed by atoms with E-state index >= 15 is 0 Å². The number of aliphatic hydroxyl groups is 1. The lowest BCUT2D eigenvalue weighted by Gasteiger charge is -2.41. The van der Waals surface area contributed by atoms with E-state index in [1.807, 2.05) is 6.92 Å². The summed E-state index contributed by atoms with van der Waals surface area (Å²) >= 11 is 0.